The number of methoxy groups -OCH3 is 1. The standard InChI is InChI=1S/C21H26N2O5/c1-15(2)20(25)28-13-7-5-4-6-12-23-14-18(19(24)22-21(23)26)16-8-10-17(27-3)11-9-16/h8-11,14H,1,4-7,12-13H2,2-3H3,(H,22,24,26). The SMILES string of the molecule is C=C(C)C(=O)OCCCCCCn1cc(-c2ccc(OC)cc2)c(=O)[nH]c1=O. The lowest BCUT2D eigenvalue weighted by atomic mass is 10.1. The Kier molecular flexibility index (Phi) is 7.80. The van der Waals surface area contributed by atoms with Crippen LogP contribution in [0.5, 0.6) is 5.75 Å². The van der Waals surface area contributed by atoms with Crippen molar-refractivity contribution in [1.82, 2.24) is 9.55 Å². The number of ether oxygens (including phenoxy) is 2. The predicted molar refractivity (Wildman–Crippen MR) is 108 cm³/mol. The maximum atomic E-state index is 12.2. The molecule has 2 rings (SSSR count). The van der Waals surface area contributed by atoms with E-state index in [0.29, 0.717) is 30.0 Å². The topological polar surface area (TPSA) is 90.4 Å². The number of carbonyl (C=O) groups excluding carboxylic acids is 1. The summed E-state index contributed by atoms with van der Waals surface area (Å²) >= 11 is 0. The second-order valence-electron chi connectivity index (χ2n) is 6.55. The van der Waals surface area contributed by atoms with Gasteiger partial charge in [0, 0.05) is 18.3 Å². The Morgan fingerprint density at radius 3 is 2.43 bits per heavy atom. The van der Waals surface area contributed by atoms with Crippen molar-refractivity contribution in [2.24, 2.45) is 0 Å². The Morgan fingerprint density at radius 2 is 1.79 bits per heavy atom. The van der Waals surface area contributed by atoms with Crippen LogP contribution in [0.2, 0.25) is 0 Å². The molecule has 0 spiro atoms. The van der Waals surface area contributed by atoms with Gasteiger partial charge in [-0.1, -0.05) is 25.1 Å². The number of aryl methyl sites for hydroxylation is 1. The highest BCUT2D eigenvalue weighted by atomic mass is 16.5. The molecule has 1 N–H and O–H groups in total. The number of rotatable bonds is 10. The third-order valence-electron chi connectivity index (χ3n) is 4.29. The van der Waals surface area contributed by atoms with E-state index in [1.54, 1.807) is 44.5 Å². The fraction of sp³-hybridized carbons (Fsp3) is 0.381. The van der Waals surface area contributed by atoms with Crippen LogP contribution in [0.4, 0.5) is 0 Å². The van der Waals surface area contributed by atoms with E-state index in [1.165, 1.54) is 4.57 Å². The molecule has 0 atom stereocenters. The second-order valence-corrected chi connectivity index (χ2v) is 6.55. The fourth-order valence-electron chi connectivity index (χ4n) is 2.68. The summed E-state index contributed by atoms with van der Waals surface area (Å²) in [6.07, 6.45) is 4.90. The van der Waals surface area contributed by atoms with Crippen molar-refractivity contribution >= 4 is 5.97 Å². The summed E-state index contributed by atoms with van der Waals surface area (Å²) in [5.41, 5.74) is 0.720. The van der Waals surface area contributed by atoms with Gasteiger partial charge in [-0.15, -0.1) is 0 Å². The van der Waals surface area contributed by atoms with E-state index in [-0.39, 0.29) is 5.97 Å². The van der Waals surface area contributed by atoms with Gasteiger partial charge in [0.1, 0.15) is 5.75 Å². The van der Waals surface area contributed by atoms with Crippen molar-refractivity contribution in [1.29, 1.82) is 0 Å². The third kappa shape index (κ3) is 5.97. The molecule has 7 nitrogen and oxygen atoms in total. The molecule has 0 aliphatic carbocycles. The van der Waals surface area contributed by atoms with Gasteiger partial charge in [-0.05, 0) is 43.9 Å². The van der Waals surface area contributed by atoms with Crippen molar-refractivity contribution in [2.45, 2.75) is 39.2 Å². The van der Waals surface area contributed by atoms with E-state index in [1.807, 2.05) is 0 Å². The van der Waals surface area contributed by atoms with Crippen LogP contribution < -0.4 is 16.0 Å². The minimum Gasteiger partial charge on any atom is -0.497 e. The number of aromatic nitrogens is 2. The Bertz CT molecular complexity index is 925. The van der Waals surface area contributed by atoms with Crippen molar-refractivity contribution in [3.8, 4) is 16.9 Å². The minimum atomic E-state index is -0.419. The highest BCUT2D eigenvalue weighted by Gasteiger charge is 2.08. The average Bonchev–Trinajstić information content (AvgIpc) is 2.68. The third-order valence-corrected chi connectivity index (χ3v) is 4.29. The summed E-state index contributed by atoms with van der Waals surface area (Å²) in [5, 5.41) is 0. The van der Waals surface area contributed by atoms with E-state index in [0.717, 1.165) is 31.2 Å². The molecule has 0 saturated carbocycles. The molecule has 2 aromatic rings. The number of esters is 1. The predicted octanol–water partition coefficient (Wildman–Crippen LogP) is 2.89. The zero-order chi connectivity index (χ0) is 20.5. The van der Waals surface area contributed by atoms with Gasteiger partial charge in [0.2, 0.25) is 0 Å². The number of H-pyrrole nitrogens is 1. The van der Waals surface area contributed by atoms with Gasteiger partial charge in [-0.3, -0.25) is 14.3 Å². The van der Waals surface area contributed by atoms with Crippen LogP contribution in [0.15, 0.2) is 52.2 Å². The molecule has 0 aliphatic heterocycles. The number of nitrogens with one attached hydrogen (secondary N) is 1. The first-order valence-corrected chi connectivity index (χ1v) is 9.23. The van der Waals surface area contributed by atoms with Crippen LogP contribution in [-0.2, 0) is 16.1 Å². The molecular weight excluding hydrogens is 360 g/mol. The first kappa shape index (κ1) is 21.2. The molecule has 0 saturated heterocycles. The minimum absolute atomic E-state index is 0.367. The molecule has 1 aromatic carbocycles. The molecule has 0 radical (unpaired) electrons. The summed E-state index contributed by atoms with van der Waals surface area (Å²) in [5.74, 6) is 0.327. The van der Waals surface area contributed by atoms with E-state index in [4.69, 9.17) is 9.47 Å². The zero-order valence-corrected chi connectivity index (χ0v) is 16.3. The number of hydrogen-bond acceptors (Lipinski definition) is 5. The van der Waals surface area contributed by atoms with Crippen molar-refractivity contribution in [3.05, 3.63) is 63.5 Å². The van der Waals surface area contributed by atoms with Gasteiger partial charge in [-0.25, -0.2) is 9.59 Å². The Labute approximate surface area is 163 Å². The number of benzene rings is 1. The van der Waals surface area contributed by atoms with Crippen molar-refractivity contribution < 1.29 is 14.3 Å². The molecule has 0 aliphatic rings. The van der Waals surface area contributed by atoms with E-state index in [9.17, 15) is 14.4 Å². The molecule has 0 amide bonds. The maximum Gasteiger partial charge on any atom is 0.333 e. The fourth-order valence-corrected chi connectivity index (χ4v) is 2.68. The molecule has 28 heavy (non-hydrogen) atoms. The average molecular weight is 386 g/mol. The van der Waals surface area contributed by atoms with E-state index < -0.39 is 11.2 Å². The smallest absolute Gasteiger partial charge is 0.333 e. The Morgan fingerprint density at radius 1 is 1.11 bits per heavy atom. The molecule has 0 fully saturated rings. The lowest BCUT2D eigenvalue weighted by Crippen LogP contribution is -2.30. The van der Waals surface area contributed by atoms with Gasteiger partial charge in [0.15, 0.2) is 0 Å². The lowest BCUT2D eigenvalue weighted by Gasteiger charge is -2.09. The molecular formula is C21H26N2O5. The van der Waals surface area contributed by atoms with Gasteiger partial charge < -0.3 is 9.47 Å². The first-order chi connectivity index (χ1) is 13.4. The largest absolute Gasteiger partial charge is 0.497 e. The summed E-state index contributed by atoms with van der Waals surface area (Å²) in [6.45, 7) is 6.02. The van der Waals surface area contributed by atoms with Gasteiger partial charge in [-0.2, -0.15) is 0 Å². The summed E-state index contributed by atoms with van der Waals surface area (Å²) < 4.78 is 11.7. The molecule has 7 heteroatoms. The number of carbonyl (C=O) groups is 1. The van der Waals surface area contributed by atoms with Crippen LogP contribution in [0.3, 0.4) is 0 Å². The highest BCUT2D eigenvalue weighted by molar-refractivity contribution is 5.86. The lowest BCUT2D eigenvalue weighted by molar-refractivity contribution is -0.139. The van der Waals surface area contributed by atoms with Crippen LogP contribution in [0.25, 0.3) is 11.1 Å². The van der Waals surface area contributed by atoms with E-state index >= 15 is 0 Å². The number of aromatic amines is 1. The van der Waals surface area contributed by atoms with Crippen LogP contribution in [0.1, 0.15) is 32.6 Å². The highest BCUT2D eigenvalue weighted by Crippen LogP contribution is 2.18. The summed E-state index contributed by atoms with van der Waals surface area (Å²) in [7, 11) is 1.58. The maximum absolute atomic E-state index is 12.2. The molecule has 1 heterocycles. The molecule has 0 unspecified atom stereocenters. The number of hydrogen-bond donors (Lipinski definition) is 1. The number of nitrogens with zero attached hydrogens (tertiary/aromatic N) is 1. The quantitative estimate of drug-likeness (QED) is 0.385. The summed E-state index contributed by atoms with van der Waals surface area (Å²) in [4.78, 5) is 37.8. The monoisotopic (exact) mass is 386 g/mol. The van der Waals surface area contributed by atoms with Crippen molar-refractivity contribution in [2.75, 3.05) is 13.7 Å². The van der Waals surface area contributed by atoms with Crippen molar-refractivity contribution in [3.63, 3.8) is 0 Å². The van der Waals surface area contributed by atoms with Crippen LogP contribution >= 0.6 is 0 Å². The zero-order valence-electron chi connectivity index (χ0n) is 16.3. The second kappa shape index (κ2) is 10.3. The number of unbranched alkanes of at least 4 members (excludes halogenated alkanes) is 3. The van der Waals surface area contributed by atoms with Crippen LogP contribution in [-0.4, -0.2) is 29.2 Å². The van der Waals surface area contributed by atoms with Gasteiger partial charge in [0.05, 0.1) is 19.3 Å². The Hall–Kier alpha value is -3.09. The van der Waals surface area contributed by atoms with E-state index in [2.05, 4.69) is 11.6 Å². The first-order valence-electron chi connectivity index (χ1n) is 9.23. The molecule has 150 valence electrons. The van der Waals surface area contributed by atoms with Gasteiger partial charge >= 0.3 is 11.7 Å². The normalized spacial score (nSPS) is 10.5. The Balaban J connectivity index is 1.90. The molecule has 0 bridgehead atoms. The van der Waals surface area contributed by atoms with Crippen LogP contribution in [0, 0.1) is 0 Å². The van der Waals surface area contributed by atoms with Gasteiger partial charge in [0.25, 0.3) is 5.56 Å². The molecule has 1 aromatic heterocycles. The summed E-state index contributed by atoms with van der Waals surface area (Å²) in [6, 6.07) is 7.10.